The number of para-hydroxylation sites is 1. The minimum atomic E-state index is -2.68. The number of methoxy groups -OCH3 is 1. The Morgan fingerprint density at radius 3 is 2.73 bits per heavy atom. The molecule has 0 fully saturated rings. The Morgan fingerprint density at radius 1 is 1.33 bits per heavy atom. The van der Waals surface area contributed by atoms with Gasteiger partial charge in [-0.15, -0.1) is 0 Å². The van der Waals surface area contributed by atoms with E-state index in [1.165, 1.54) is 11.8 Å². The van der Waals surface area contributed by atoms with Crippen molar-refractivity contribution in [3.05, 3.63) is 35.5 Å². The quantitative estimate of drug-likeness (QED) is 0.472. The largest absolute Gasteiger partial charge is 0.495 e. The molecule has 2 aromatic rings. The summed E-state index contributed by atoms with van der Waals surface area (Å²) in [5.41, 5.74) is 2.30. The number of urea groups is 1. The second-order valence-corrected chi connectivity index (χ2v) is 10.1. The Labute approximate surface area is 196 Å². The molecule has 0 saturated heterocycles. The predicted molar refractivity (Wildman–Crippen MR) is 125 cm³/mol. The number of alkyl halides is 2. The SMILES string of the molecule is COc1cccc2c1NC(C(C)(C)C)CC2N1Cc2cnc(SC)nc2N(CC(F)F)C1=O. The lowest BCUT2D eigenvalue weighted by atomic mass is 9.78. The highest BCUT2D eigenvalue weighted by molar-refractivity contribution is 7.98. The Kier molecular flexibility index (Phi) is 6.39. The predicted octanol–water partition coefficient (Wildman–Crippen LogP) is 5.19. The van der Waals surface area contributed by atoms with Crippen LogP contribution in [0.15, 0.2) is 29.6 Å². The molecule has 4 rings (SSSR count). The summed E-state index contributed by atoms with van der Waals surface area (Å²) in [5.74, 6) is 0.955. The molecule has 1 aromatic carbocycles. The van der Waals surface area contributed by atoms with Crippen molar-refractivity contribution in [1.29, 1.82) is 0 Å². The third-order valence-electron chi connectivity index (χ3n) is 6.23. The first-order valence-electron chi connectivity index (χ1n) is 10.8. The number of aromatic nitrogens is 2. The molecule has 0 bridgehead atoms. The fourth-order valence-corrected chi connectivity index (χ4v) is 4.80. The van der Waals surface area contributed by atoms with Crippen molar-refractivity contribution < 1.29 is 18.3 Å². The van der Waals surface area contributed by atoms with Crippen LogP contribution in [0.5, 0.6) is 5.75 Å². The molecular weight excluding hydrogens is 448 g/mol. The highest BCUT2D eigenvalue weighted by Crippen LogP contribution is 2.47. The first-order valence-corrected chi connectivity index (χ1v) is 12.1. The average Bonchev–Trinajstić information content (AvgIpc) is 2.78. The van der Waals surface area contributed by atoms with E-state index in [2.05, 4.69) is 36.1 Å². The molecule has 2 amide bonds. The normalized spacial score (nSPS) is 20.4. The first-order chi connectivity index (χ1) is 15.6. The van der Waals surface area contributed by atoms with Crippen LogP contribution in [0.2, 0.25) is 0 Å². The molecule has 0 radical (unpaired) electrons. The highest BCUT2D eigenvalue weighted by atomic mass is 32.2. The third-order valence-corrected chi connectivity index (χ3v) is 6.79. The highest BCUT2D eigenvalue weighted by Gasteiger charge is 2.43. The number of ether oxygens (including phenoxy) is 1. The van der Waals surface area contributed by atoms with Gasteiger partial charge in [0.05, 0.1) is 31.9 Å². The average molecular weight is 478 g/mol. The maximum atomic E-state index is 13.6. The van der Waals surface area contributed by atoms with Gasteiger partial charge in [0, 0.05) is 23.4 Å². The molecule has 10 heteroatoms. The van der Waals surface area contributed by atoms with Crippen LogP contribution in [0.25, 0.3) is 0 Å². The van der Waals surface area contributed by atoms with Gasteiger partial charge in [-0.05, 0) is 24.2 Å². The van der Waals surface area contributed by atoms with Crippen LogP contribution < -0.4 is 15.0 Å². The van der Waals surface area contributed by atoms with Crippen molar-refractivity contribution in [2.24, 2.45) is 5.41 Å². The van der Waals surface area contributed by atoms with Gasteiger partial charge < -0.3 is 15.0 Å². The maximum Gasteiger partial charge on any atom is 0.326 e. The van der Waals surface area contributed by atoms with Gasteiger partial charge in [0.15, 0.2) is 5.16 Å². The number of hydrogen-bond donors (Lipinski definition) is 1. The van der Waals surface area contributed by atoms with Crippen molar-refractivity contribution in [3.8, 4) is 5.75 Å². The molecule has 0 aliphatic carbocycles. The zero-order chi connectivity index (χ0) is 23.9. The van der Waals surface area contributed by atoms with Crippen LogP contribution in [-0.4, -0.2) is 53.3 Å². The molecule has 0 spiro atoms. The molecular formula is C23H29F2N5O2S. The Morgan fingerprint density at radius 2 is 2.09 bits per heavy atom. The number of halogens is 2. The van der Waals surface area contributed by atoms with Crippen LogP contribution >= 0.6 is 11.8 Å². The number of amides is 2. The van der Waals surface area contributed by atoms with Gasteiger partial charge in [-0.2, -0.15) is 0 Å². The number of thioether (sulfide) groups is 1. The molecule has 3 heterocycles. The van der Waals surface area contributed by atoms with E-state index >= 15 is 0 Å². The summed E-state index contributed by atoms with van der Waals surface area (Å²) in [6.07, 6.45) is 1.40. The van der Waals surface area contributed by atoms with Gasteiger partial charge in [-0.1, -0.05) is 44.7 Å². The van der Waals surface area contributed by atoms with Gasteiger partial charge in [-0.25, -0.2) is 23.5 Å². The van der Waals surface area contributed by atoms with Gasteiger partial charge >= 0.3 is 6.03 Å². The zero-order valence-electron chi connectivity index (χ0n) is 19.4. The number of carbonyl (C=O) groups excluding carboxylic acids is 1. The molecule has 2 aliphatic heterocycles. The minimum Gasteiger partial charge on any atom is -0.495 e. The maximum absolute atomic E-state index is 13.6. The summed E-state index contributed by atoms with van der Waals surface area (Å²) in [4.78, 5) is 25.1. The summed E-state index contributed by atoms with van der Waals surface area (Å²) in [6.45, 7) is 5.94. The monoisotopic (exact) mass is 477 g/mol. The second-order valence-electron chi connectivity index (χ2n) is 9.36. The lowest BCUT2D eigenvalue weighted by molar-refractivity contribution is 0.132. The number of nitrogens with zero attached hydrogens (tertiary/aromatic N) is 4. The van der Waals surface area contributed by atoms with Crippen LogP contribution in [0.1, 0.15) is 44.4 Å². The summed E-state index contributed by atoms with van der Waals surface area (Å²) in [6, 6.07) is 4.98. The molecule has 2 atom stereocenters. The molecule has 2 aliphatic rings. The van der Waals surface area contributed by atoms with E-state index in [1.54, 1.807) is 18.2 Å². The van der Waals surface area contributed by atoms with Crippen LogP contribution in [0.3, 0.4) is 0 Å². The van der Waals surface area contributed by atoms with Gasteiger partial charge in [0.2, 0.25) is 0 Å². The van der Waals surface area contributed by atoms with Gasteiger partial charge in [0.25, 0.3) is 6.43 Å². The van der Waals surface area contributed by atoms with Crippen LogP contribution in [0, 0.1) is 5.41 Å². The van der Waals surface area contributed by atoms with Crippen molar-refractivity contribution in [2.45, 2.75) is 57.4 Å². The Bertz CT molecular complexity index is 1050. The number of carbonyl (C=O) groups is 1. The molecule has 0 saturated carbocycles. The first kappa shape index (κ1) is 23.5. The number of fused-ring (bicyclic) bond motifs is 2. The Hall–Kier alpha value is -2.62. The second kappa shape index (κ2) is 8.96. The standard InChI is InChI=1S/C23H29F2N5O2S/c1-23(2,3)17-9-15(14-7-6-8-16(32-4)19(14)27-17)29-11-13-10-26-21(33-5)28-20(13)30(22(29)31)12-18(24)25/h6-8,10,15,17-18,27H,9,11-12H2,1-5H3. The van der Waals surface area contributed by atoms with E-state index < -0.39 is 19.0 Å². The van der Waals surface area contributed by atoms with Crippen molar-refractivity contribution in [3.63, 3.8) is 0 Å². The molecule has 1 aromatic heterocycles. The van der Waals surface area contributed by atoms with Crippen LogP contribution in [0.4, 0.5) is 25.1 Å². The lowest BCUT2D eigenvalue weighted by Gasteiger charge is -2.46. The summed E-state index contributed by atoms with van der Waals surface area (Å²) in [7, 11) is 1.61. The van der Waals surface area contributed by atoms with E-state index in [-0.39, 0.29) is 29.9 Å². The number of hydrogen-bond acceptors (Lipinski definition) is 6. The summed E-state index contributed by atoms with van der Waals surface area (Å²) >= 11 is 1.31. The minimum absolute atomic E-state index is 0.0409. The molecule has 178 valence electrons. The van der Waals surface area contributed by atoms with E-state index in [1.807, 2.05) is 24.5 Å². The summed E-state index contributed by atoms with van der Waals surface area (Å²) < 4.78 is 32.6. The van der Waals surface area contributed by atoms with Crippen molar-refractivity contribution in [1.82, 2.24) is 14.9 Å². The Balaban J connectivity index is 1.81. The van der Waals surface area contributed by atoms with Crippen molar-refractivity contribution >= 4 is 29.3 Å². The van der Waals surface area contributed by atoms with E-state index in [0.717, 1.165) is 16.2 Å². The van der Waals surface area contributed by atoms with Crippen LogP contribution in [-0.2, 0) is 6.54 Å². The van der Waals surface area contributed by atoms with E-state index in [9.17, 15) is 13.6 Å². The number of nitrogens with one attached hydrogen (secondary N) is 1. The third kappa shape index (κ3) is 4.45. The van der Waals surface area contributed by atoms with Crippen molar-refractivity contribution in [2.75, 3.05) is 30.1 Å². The topological polar surface area (TPSA) is 70.6 Å². The molecule has 2 unspecified atom stereocenters. The molecule has 33 heavy (non-hydrogen) atoms. The zero-order valence-corrected chi connectivity index (χ0v) is 20.2. The summed E-state index contributed by atoms with van der Waals surface area (Å²) in [5, 5.41) is 4.04. The fraction of sp³-hybridized carbons (Fsp3) is 0.522. The molecule has 7 nitrogen and oxygen atoms in total. The number of anilines is 2. The number of rotatable bonds is 5. The fourth-order valence-electron chi connectivity index (χ4n) is 4.47. The van der Waals surface area contributed by atoms with Gasteiger partial charge in [0.1, 0.15) is 11.6 Å². The smallest absolute Gasteiger partial charge is 0.326 e. The van der Waals surface area contributed by atoms with E-state index in [0.29, 0.717) is 22.9 Å². The lowest BCUT2D eigenvalue weighted by Crippen LogP contribution is -2.53. The molecule has 1 N–H and O–H groups in total. The van der Waals surface area contributed by atoms with E-state index in [4.69, 9.17) is 4.74 Å². The number of benzene rings is 1. The van der Waals surface area contributed by atoms with Gasteiger partial charge in [-0.3, -0.25) is 4.90 Å².